The van der Waals surface area contributed by atoms with Crippen molar-refractivity contribution in [1.82, 2.24) is 20.3 Å². The smallest absolute Gasteiger partial charge is 0.260 e. The number of pyridine rings is 3. The van der Waals surface area contributed by atoms with Crippen molar-refractivity contribution in [1.29, 1.82) is 0 Å². The fourth-order valence-corrected chi connectivity index (χ4v) is 4.00. The predicted molar refractivity (Wildman–Crippen MR) is 123 cm³/mol. The summed E-state index contributed by atoms with van der Waals surface area (Å²) in [5.41, 5.74) is 1.45. The molecule has 3 aromatic heterocycles. The van der Waals surface area contributed by atoms with Gasteiger partial charge >= 0.3 is 0 Å². The van der Waals surface area contributed by atoms with Gasteiger partial charge in [-0.15, -0.1) is 0 Å². The highest BCUT2D eigenvalue weighted by Crippen LogP contribution is 2.33. The van der Waals surface area contributed by atoms with E-state index in [0.717, 1.165) is 31.5 Å². The molecular formula is C22H22Cl2N6O. The zero-order chi connectivity index (χ0) is 21.6. The van der Waals surface area contributed by atoms with Crippen LogP contribution in [0.3, 0.4) is 0 Å². The average Bonchev–Trinajstić information content (AvgIpc) is 2.81. The van der Waals surface area contributed by atoms with E-state index >= 15 is 0 Å². The van der Waals surface area contributed by atoms with Crippen LogP contribution in [0.15, 0.2) is 55.1 Å². The molecule has 1 fully saturated rings. The molecule has 0 spiro atoms. The van der Waals surface area contributed by atoms with Gasteiger partial charge in [-0.2, -0.15) is 0 Å². The Morgan fingerprint density at radius 3 is 2.48 bits per heavy atom. The number of rotatable bonds is 6. The van der Waals surface area contributed by atoms with Crippen LogP contribution in [0.25, 0.3) is 0 Å². The maximum Gasteiger partial charge on any atom is 0.260 e. The third-order valence-corrected chi connectivity index (χ3v) is 5.71. The standard InChI is InChI=1S/C22H22Cl2N6O/c23-16-1-2-19(27-12-16)29-22(31)18-11-17(24)13-28-21(18)30-20(14-3-7-25-8-4-14)15-5-9-26-10-6-15/h1-4,7-8,11-13,15,20,26H,5-6,9-10H2,(H,28,30)(H,27,29,31). The maximum absolute atomic E-state index is 13.0. The Hall–Kier alpha value is -2.74. The normalized spacial score (nSPS) is 15.3. The third-order valence-electron chi connectivity index (χ3n) is 5.28. The van der Waals surface area contributed by atoms with Gasteiger partial charge in [-0.1, -0.05) is 23.2 Å². The minimum Gasteiger partial charge on any atom is -0.362 e. The monoisotopic (exact) mass is 456 g/mol. The Morgan fingerprint density at radius 1 is 1.03 bits per heavy atom. The highest BCUT2D eigenvalue weighted by Gasteiger charge is 2.27. The molecule has 1 saturated heterocycles. The van der Waals surface area contributed by atoms with E-state index in [2.05, 4.69) is 30.9 Å². The summed E-state index contributed by atoms with van der Waals surface area (Å²) in [6.07, 6.45) is 8.60. The topological polar surface area (TPSA) is 91.8 Å². The first-order valence-corrected chi connectivity index (χ1v) is 10.8. The van der Waals surface area contributed by atoms with Crippen molar-refractivity contribution in [3.63, 3.8) is 0 Å². The van der Waals surface area contributed by atoms with E-state index in [0.29, 0.717) is 33.2 Å². The second kappa shape index (κ2) is 10.0. The first-order valence-electron chi connectivity index (χ1n) is 10.1. The molecule has 9 heteroatoms. The van der Waals surface area contributed by atoms with Crippen molar-refractivity contribution in [2.24, 2.45) is 5.92 Å². The largest absolute Gasteiger partial charge is 0.362 e. The first-order chi connectivity index (χ1) is 15.1. The summed E-state index contributed by atoms with van der Waals surface area (Å²) in [6, 6.07) is 8.88. The van der Waals surface area contributed by atoms with E-state index in [1.807, 2.05) is 12.1 Å². The van der Waals surface area contributed by atoms with Crippen molar-refractivity contribution in [3.8, 4) is 0 Å². The number of carbonyl (C=O) groups excluding carboxylic acids is 1. The van der Waals surface area contributed by atoms with Crippen LogP contribution in [-0.4, -0.2) is 33.9 Å². The quantitative estimate of drug-likeness (QED) is 0.502. The van der Waals surface area contributed by atoms with Gasteiger partial charge < -0.3 is 16.0 Å². The van der Waals surface area contributed by atoms with Crippen LogP contribution >= 0.6 is 23.2 Å². The third kappa shape index (κ3) is 5.50. The Morgan fingerprint density at radius 2 is 1.77 bits per heavy atom. The molecule has 4 heterocycles. The number of halogens is 2. The average molecular weight is 457 g/mol. The van der Waals surface area contributed by atoms with Gasteiger partial charge in [0.1, 0.15) is 11.6 Å². The van der Waals surface area contributed by atoms with Crippen LogP contribution in [0.5, 0.6) is 0 Å². The molecular weight excluding hydrogens is 435 g/mol. The van der Waals surface area contributed by atoms with Gasteiger partial charge in [0.2, 0.25) is 0 Å². The van der Waals surface area contributed by atoms with Gasteiger partial charge in [0.15, 0.2) is 0 Å². The second-order valence-corrected chi connectivity index (χ2v) is 8.23. The summed E-state index contributed by atoms with van der Waals surface area (Å²) in [4.78, 5) is 25.7. The van der Waals surface area contributed by atoms with E-state index in [4.69, 9.17) is 23.2 Å². The molecule has 4 rings (SSSR count). The number of hydrogen-bond acceptors (Lipinski definition) is 6. The predicted octanol–water partition coefficient (Wildman–Crippen LogP) is 4.58. The first kappa shape index (κ1) is 21.5. The lowest BCUT2D eigenvalue weighted by Crippen LogP contribution is -2.34. The molecule has 0 saturated carbocycles. The van der Waals surface area contributed by atoms with Crippen LogP contribution < -0.4 is 16.0 Å². The molecule has 1 aliphatic rings. The zero-order valence-electron chi connectivity index (χ0n) is 16.7. The summed E-state index contributed by atoms with van der Waals surface area (Å²) in [7, 11) is 0. The summed E-state index contributed by atoms with van der Waals surface area (Å²) in [6.45, 7) is 1.91. The van der Waals surface area contributed by atoms with Crippen molar-refractivity contribution in [2.45, 2.75) is 18.9 Å². The summed E-state index contributed by atoms with van der Waals surface area (Å²) in [5.74, 6) is 0.890. The van der Waals surface area contributed by atoms with Gasteiger partial charge in [0, 0.05) is 24.8 Å². The minimum atomic E-state index is -0.355. The number of anilines is 2. The van der Waals surface area contributed by atoms with Crippen LogP contribution in [0.4, 0.5) is 11.6 Å². The van der Waals surface area contributed by atoms with E-state index in [1.54, 1.807) is 30.6 Å². The molecule has 1 amide bonds. The van der Waals surface area contributed by atoms with Gasteiger partial charge in [0.25, 0.3) is 5.91 Å². The summed E-state index contributed by atoms with van der Waals surface area (Å²) >= 11 is 12.0. The molecule has 31 heavy (non-hydrogen) atoms. The molecule has 1 aliphatic heterocycles. The summed E-state index contributed by atoms with van der Waals surface area (Å²) < 4.78 is 0. The second-order valence-electron chi connectivity index (χ2n) is 7.36. The fraction of sp³-hybridized carbons (Fsp3) is 0.273. The van der Waals surface area contributed by atoms with Crippen molar-refractivity contribution in [3.05, 3.63) is 76.3 Å². The Kier molecular flexibility index (Phi) is 6.96. The molecule has 0 bridgehead atoms. The number of carbonyl (C=O) groups is 1. The lowest BCUT2D eigenvalue weighted by Gasteiger charge is -2.32. The fourth-order valence-electron chi connectivity index (χ4n) is 3.73. The van der Waals surface area contributed by atoms with E-state index in [-0.39, 0.29) is 11.9 Å². The Bertz CT molecular complexity index is 1030. The van der Waals surface area contributed by atoms with Crippen molar-refractivity contribution >= 4 is 40.7 Å². The SMILES string of the molecule is O=C(Nc1ccc(Cl)cn1)c1cc(Cl)cnc1NC(c1ccncc1)C1CCNCC1. The van der Waals surface area contributed by atoms with E-state index in [9.17, 15) is 4.79 Å². The molecule has 1 atom stereocenters. The maximum atomic E-state index is 13.0. The molecule has 3 aromatic rings. The lowest BCUT2D eigenvalue weighted by molar-refractivity contribution is 0.102. The minimum absolute atomic E-state index is 0.0148. The zero-order valence-corrected chi connectivity index (χ0v) is 18.2. The number of piperidine rings is 1. The van der Waals surface area contributed by atoms with Gasteiger partial charge in [0.05, 0.1) is 21.7 Å². The molecule has 160 valence electrons. The molecule has 3 N–H and O–H groups in total. The van der Waals surface area contributed by atoms with Crippen LogP contribution in [0.2, 0.25) is 10.0 Å². The highest BCUT2D eigenvalue weighted by molar-refractivity contribution is 6.31. The molecule has 7 nitrogen and oxygen atoms in total. The number of nitrogens with zero attached hydrogens (tertiary/aromatic N) is 3. The summed E-state index contributed by atoms with van der Waals surface area (Å²) in [5, 5.41) is 10.6. The number of amides is 1. The molecule has 0 aromatic carbocycles. The van der Waals surface area contributed by atoms with Gasteiger partial charge in [-0.3, -0.25) is 9.78 Å². The van der Waals surface area contributed by atoms with Gasteiger partial charge in [-0.25, -0.2) is 9.97 Å². The molecule has 0 aliphatic carbocycles. The number of nitrogens with one attached hydrogen (secondary N) is 3. The Balaban J connectivity index is 1.63. The van der Waals surface area contributed by atoms with E-state index < -0.39 is 0 Å². The number of hydrogen-bond donors (Lipinski definition) is 3. The van der Waals surface area contributed by atoms with Gasteiger partial charge in [-0.05, 0) is 67.7 Å². The number of aromatic nitrogens is 3. The van der Waals surface area contributed by atoms with Crippen molar-refractivity contribution in [2.75, 3.05) is 23.7 Å². The van der Waals surface area contributed by atoms with Crippen LogP contribution in [-0.2, 0) is 0 Å². The molecule has 1 unspecified atom stereocenters. The van der Waals surface area contributed by atoms with Crippen molar-refractivity contribution < 1.29 is 4.79 Å². The van der Waals surface area contributed by atoms with Crippen LogP contribution in [0.1, 0.15) is 34.8 Å². The highest BCUT2D eigenvalue weighted by atomic mass is 35.5. The lowest BCUT2D eigenvalue weighted by atomic mass is 9.86. The Labute approximate surface area is 190 Å². The van der Waals surface area contributed by atoms with E-state index in [1.165, 1.54) is 12.4 Å². The van der Waals surface area contributed by atoms with Crippen LogP contribution in [0, 0.1) is 5.92 Å². The molecule has 0 radical (unpaired) electrons.